The van der Waals surface area contributed by atoms with Gasteiger partial charge in [-0.05, 0) is 6.92 Å². The molecule has 1 aromatic rings. The first-order chi connectivity index (χ1) is 4.20. The predicted molar refractivity (Wildman–Crippen MR) is 47.0 cm³/mol. The first kappa shape index (κ1) is 10.2. The Hall–Kier alpha value is 0.170. The van der Waals surface area contributed by atoms with E-state index in [9.17, 15) is 0 Å². The van der Waals surface area contributed by atoms with Gasteiger partial charge in [-0.1, -0.05) is 11.6 Å². The molecule has 2 nitrogen and oxygen atoms in total. The molecular formula is C5H8Cl2N2S. The molecule has 58 valence electrons. The molecule has 0 saturated heterocycles. The number of halogens is 2. The zero-order chi connectivity index (χ0) is 6.85. The molecule has 0 unspecified atom stereocenters. The van der Waals surface area contributed by atoms with E-state index in [4.69, 9.17) is 17.3 Å². The van der Waals surface area contributed by atoms with Gasteiger partial charge in [0, 0.05) is 5.38 Å². The third kappa shape index (κ3) is 2.42. The Labute approximate surface area is 74.8 Å². The minimum absolute atomic E-state index is 0. The molecule has 0 saturated carbocycles. The van der Waals surface area contributed by atoms with Gasteiger partial charge >= 0.3 is 0 Å². The van der Waals surface area contributed by atoms with Gasteiger partial charge in [0.25, 0.3) is 0 Å². The second kappa shape index (κ2) is 4.13. The Kier molecular flexibility index (Phi) is 4.20. The van der Waals surface area contributed by atoms with Crippen LogP contribution in [0, 0.1) is 0 Å². The summed E-state index contributed by atoms with van der Waals surface area (Å²) in [7, 11) is 0. The van der Waals surface area contributed by atoms with E-state index in [1.807, 2.05) is 6.92 Å². The van der Waals surface area contributed by atoms with Crippen molar-refractivity contribution in [2.75, 3.05) is 0 Å². The van der Waals surface area contributed by atoms with Crippen LogP contribution in [-0.2, 0) is 0 Å². The van der Waals surface area contributed by atoms with E-state index in [2.05, 4.69) is 4.98 Å². The van der Waals surface area contributed by atoms with Crippen LogP contribution in [0.15, 0.2) is 5.38 Å². The smallest absolute Gasteiger partial charge is 0.140 e. The highest BCUT2D eigenvalue weighted by Gasteiger charge is 2.02. The van der Waals surface area contributed by atoms with E-state index in [1.165, 1.54) is 11.3 Å². The van der Waals surface area contributed by atoms with E-state index in [-0.39, 0.29) is 18.4 Å². The zero-order valence-corrected chi connectivity index (χ0v) is 7.76. The predicted octanol–water partition coefficient (Wildman–Crippen LogP) is 2.24. The van der Waals surface area contributed by atoms with E-state index in [0.29, 0.717) is 5.15 Å². The molecule has 10 heavy (non-hydrogen) atoms. The summed E-state index contributed by atoms with van der Waals surface area (Å²) >= 11 is 7.04. The molecule has 0 aliphatic heterocycles. The van der Waals surface area contributed by atoms with Crippen molar-refractivity contribution in [3.8, 4) is 0 Å². The van der Waals surface area contributed by atoms with Crippen LogP contribution in [0.2, 0.25) is 5.15 Å². The van der Waals surface area contributed by atoms with E-state index in [1.54, 1.807) is 5.38 Å². The molecule has 0 fully saturated rings. The summed E-state index contributed by atoms with van der Waals surface area (Å²) in [6.07, 6.45) is 0. The van der Waals surface area contributed by atoms with Crippen LogP contribution in [0.4, 0.5) is 0 Å². The minimum Gasteiger partial charge on any atom is -0.322 e. The zero-order valence-electron chi connectivity index (χ0n) is 5.37. The van der Waals surface area contributed by atoms with Gasteiger partial charge in [-0.2, -0.15) is 0 Å². The number of aromatic nitrogens is 1. The van der Waals surface area contributed by atoms with Gasteiger partial charge in [0.1, 0.15) is 10.2 Å². The molecule has 0 aliphatic rings. The molecule has 1 aromatic heterocycles. The van der Waals surface area contributed by atoms with Crippen LogP contribution in [0.25, 0.3) is 0 Å². The normalized spacial score (nSPS) is 12.3. The van der Waals surface area contributed by atoms with Crippen molar-refractivity contribution in [2.24, 2.45) is 5.73 Å². The van der Waals surface area contributed by atoms with Crippen LogP contribution in [0.1, 0.15) is 18.0 Å². The average Bonchev–Trinajstić information content (AvgIpc) is 2.14. The largest absolute Gasteiger partial charge is 0.322 e. The Morgan fingerprint density at radius 2 is 2.40 bits per heavy atom. The fourth-order valence-electron chi connectivity index (χ4n) is 0.476. The van der Waals surface area contributed by atoms with Gasteiger partial charge < -0.3 is 5.73 Å². The van der Waals surface area contributed by atoms with Crippen LogP contribution in [-0.4, -0.2) is 4.98 Å². The maximum Gasteiger partial charge on any atom is 0.140 e. The molecule has 0 bridgehead atoms. The fraction of sp³-hybridized carbons (Fsp3) is 0.400. The highest BCUT2D eigenvalue weighted by Crippen LogP contribution is 2.18. The lowest BCUT2D eigenvalue weighted by molar-refractivity contribution is 0.807. The van der Waals surface area contributed by atoms with Crippen molar-refractivity contribution < 1.29 is 0 Å². The molecule has 5 heteroatoms. The number of rotatable bonds is 1. The maximum absolute atomic E-state index is 5.55. The topological polar surface area (TPSA) is 38.9 Å². The van der Waals surface area contributed by atoms with Crippen LogP contribution in [0.3, 0.4) is 0 Å². The first-order valence-electron chi connectivity index (χ1n) is 2.56. The number of nitrogens with zero attached hydrogens (tertiary/aromatic N) is 1. The summed E-state index contributed by atoms with van der Waals surface area (Å²) < 4.78 is 0. The molecule has 1 rings (SSSR count). The second-order valence-corrected chi connectivity index (χ2v) is 3.07. The van der Waals surface area contributed by atoms with Crippen molar-refractivity contribution in [1.82, 2.24) is 4.98 Å². The lowest BCUT2D eigenvalue weighted by Gasteiger charge is -1.94. The first-order valence-corrected chi connectivity index (χ1v) is 3.82. The van der Waals surface area contributed by atoms with Crippen LogP contribution < -0.4 is 5.73 Å². The summed E-state index contributed by atoms with van der Waals surface area (Å²) in [5.74, 6) is 0. The highest BCUT2D eigenvalue weighted by atomic mass is 35.5. The molecule has 0 aliphatic carbocycles. The third-order valence-electron chi connectivity index (χ3n) is 0.883. The van der Waals surface area contributed by atoms with E-state index >= 15 is 0 Å². The Bertz CT molecular complexity index is 199. The van der Waals surface area contributed by atoms with Gasteiger partial charge in [-0.3, -0.25) is 0 Å². The number of hydrogen-bond donors (Lipinski definition) is 1. The second-order valence-electron chi connectivity index (χ2n) is 1.80. The van der Waals surface area contributed by atoms with Crippen LogP contribution >= 0.6 is 35.3 Å². The van der Waals surface area contributed by atoms with Gasteiger partial charge in [-0.25, -0.2) is 4.98 Å². The van der Waals surface area contributed by atoms with Gasteiger partial charge in [-0.15, -0.1) is 23.7 Å². The summed E-state index contributed by atoms with van der Waals surface area (Å²) in [4.78, 5) is 3.97. The van der Waals surface area contributed by atoms with Crippen molar-refractivity contribution in [2.45, 2.75) is 13.0 Å². The van der Waals surface area contributed by atoms with Crippen LogP contribution in [0.5, 0.6) is 0 Å². The van der Waals surface area contributed by atoms with Gasteiger partial charge in [0.2, 0.25) is 0 Å². The quantitative estimate of drug-likeness (QED) is 0.753. The highest BCUT2D eigenvalue weighted by molar-refractivity contribution is 7.10. The van der Waals surface area contributed by atoms with E-state index < -0.39 is 0 Å². The lowest BCUT2D eigenvalue weighted by Crippen LogP contribution is -2.03. The number of nitrogens with two attached hydrogens (primary N) is 1. The molecular weight excluding hydrogens is 191 g/mol. The standard InChI is InChI=1S/C5H7ClN2S.ClH/c1-3(7)5-8-4(6)2-9-5;/h2-3H,7H2,1H3;1H/t3-;/m0./s1. The van der Waals surface area contributed by atoms with Gasteiger partial charge in [0.05, 0.1) is 6.04 Å². The van der Waals surface area contributed by atoms with Crippen molar-refractivity contribution >= 4 is 35.3 Å². The summed E-state index contributed by atoms with van der Waals surface area (Å²) in [6, 6.07) is 0.00231. The monoisotopic (exact) mass is 198 g/mol. The Morgan fingerprint density at radius 1 is 1.80 bits per heavy atom. The molecule has 0 aromatic carbocycles. The Morgan fingerprint density at radius 3 is 2.60 bits per heavy atom. The Balaban J connectivity index is 0.000000810. The van der Waals surface area contributed by atoms with Crippen molar-refractivity contribution in [3.63, 3.8) is 0 Å². The average molecular weight is 199 g/mol. The third-order valence-corrected chi connectivity index (χ3v) is 2.25. The van der Waals surface area contributed by atoms with Gasteiger partial charge in [0.15, 0.2) is 0 Å². The molecule has 1 atom stereocenters. The summed E-state index contributed by atoms with van der Waals surface area (Å²) in [6.45, 7) is 1.88. The fourth-order valence-corrected chi connectivity index (χ4v) is 1.39. The molecule has 0 radical (unpaired) electrons. The lowest BCUT2D eigenvalue weighted by atomic mass is 10.4. The number of hydrogen-bond acceptors (Lipinski definition) is 3. The number of thiazole rings is 1. The molecule has 0 spiro atoms. The molecule has 2 N–H and O–H groups in total. The minimum atomic E-state index is 0. The van der Waals surface area contributed by atoms with Crippen molar-refractivity contribution in [1.29, 1.82) is 0 Å². The van der Waals surface area contributed by atoms with E-state index in [0.717, 1.165) is 5.01 Å². The summed E-state index contributed by atoms with van der Waals surface area (Å²) in [5.41, 5.74) is 5.52. The van der Waals surface area contributed by atoms with Crippen molar-refractivity contribution in [3.05, 3.63) is 15.5 Å². The molecule has 1 heterocycles. The molecule has 0 amide bonds. The summed E-state index contributed by atoms with van der Waals surface area (Å²) in [5, 5.41) is 3.20. The SMILES string of the molecule is C[C@H](N)c1nc(Cl)cs1.Cl. The maximum atomic E-state index is 5.55.